The van der Waals surface area contributed by atoms with Crippen LogP contribution in [0.15, 0.2) is 53.4 Å². The Bertz CT molecular complexity index is 1100. The molecule has 3 amide bonds. The molecule has 0 saturated carbocycles. The molecule has 1 heterocycles. The number of hydrogen-bond acceptors (Lipinski definition) is 5. The van der Waals surface area contributed by atoms with Crippen LogP contribution in [-0.2, 0) is 34.2 Å². The normalized spacial score (nSPS) is 16.8. The lowest BCUT2D eigenvalue weighted by Gasteiger charge is -2.33. The van der Waals surface area contributed by atoms with E-state index >= 15 is 0 Å². The molecule has 0 radical (unpaired) electrons. The van der Waals surface area contributed by atoms with Gasteiger partial charge < -0.3 is 10.2 Å². The molecule has 1 aliphatic carbocycles. The Morgan fingerprint density at radius 1 is 0.909 bits per heavy atom. The van der Waals surface area contributed by atoms with Crippen molar-refractivity contribution in [2.75, 3.05) is 32.7 Å². The van der Waals surface area contributed by atoms with Crippen LogP contribution < -0.4 is 10.6 Å². The van der Waals surface area contributed by atoms with E-state index in [0.717, 1.165) is 30.4 Å². The topological polar surface area (TPSA) is 98.8 Å². The zero-order valence-corrected chi connectivity index (χ0v) is 19.4. The molecular formula is C24H30N4O4S. The van der Waals surface area contributed by atoms with Gasteiger partial charge in [-0.25, -0.2) is 13.2 Å². The molecule has 0 aromatic heterocycles. The van der Waals surface area contributed by atoms with Gasteiger partial charge in [-0.1, -0.05) is 36.4 Å². The summed E-state index contributed by atoms with van der Waals surface area (Å²) in [5, 5.41) is 5.01. The minimum absolute atomic E-state index is 0.177. The van der Waals surface area contributed by atoms with Gasteiger partial charge in [-0.3, -0.25) is 10.1 Å². The third kappa shape index (κ3) is 5.98. The molecule has 9 heteroatoms. The maximum absolute atomic E-state index is 13.0. The smallest absolute Gasteiger partial charge is 0.321 e. The molecule has 0 unspecified atom stereocenters. The van der Waals surface area contributed by atoms with Crippen molar-refractivity contribution in [2.24, 2.45) is 0 Å². The molecule has 8 nitrogen and oxygen atoms in total. The lowest BCUT2D eigenvalue weighted by Crippen LogP contribution is -2.49. The number of nitrogens with one attached hydrogen (secondary N) is 2. The number of rotatable bonds is 7. The number of amides is 3. The van der Waals surface area contributed by atoms with Crippen molar-refractivity contribution in [3.05, 3.63) is 65.2 Å². The second kappa shape index (κ2) is 10.5. The quantitative estimate of drug-likeness (QED) is 0.644. The molecule has 1 fully saturated rings. The van der Waals surface area contributed by atoms with Crippen molar-refractivity contribution in [3.63, 3.8) is 0 Å². The van der Waals surface area contributed by atoms with Crippen LogP contribution in [0.2, 0.25) is 0 Å². The molecule has 2 aromatic rings. The molecular weight excluding hydrogens is 440 g/mol. The van der Waals surface area contributed by atoms with Crippen LogP contribution >= 0.6 is 0 Å². The second-order valence-electron chi connectivity index (χ2n) is 8.50. The van der Waals surface area contributed by atoms with E-state index in [1.165, 1.54) is 9.87 Å². The summed E-state index contributed by atoms with van der Waals surface area (Å²) in [6.07, 6.45) is 3.23. The van der Waals surface area contributed by atoms with Gasteiger partial charge in [-0.05, 0) is 48.1 Å². The van der Waals surface area contributed by atoms with Crippen molar-refractivity contribution in [1.82, 2.24) is 19.8 Å². The predicted molar refractivity (Wildman–Crippen MR) is 125 cm³/mol. The Morgan fingerprint density at radius 2 is 1.64 bits per heavy atom. The number of imide groups is 1. The van der Waals surface area contributed by atoms with Crippen LogP contribution in [0.25, 0.3) is 0 Å². The highest BCUT2D eigenvalue weighted by Gasteiger charge is 2.29. The fourth-order valence-electron chi connectivity index (χ4n) is 4.32. The Balaban J connectivity index is 1.19. The average Bonchev–Trinajstić information content (AvgIpc) is 3.30. The summed E-state index contributed by atoms with van der Waals surface area (Å²) in [5.41, 5.74) is 3.35. The maximum atomic E-state index is 13.0. The van der Waals surface area contributed by atoms with Gasteiger partial charge in [0.25, 0.3) is 0 Å². The summed E-state index contributed by atoms with van der Waals surface area (Å²) in [7, 11) is -3.51. The summed E-state index contributed by atoms with van der Waals surface area (Å²) in [4.78, 5) is 26.4. The third-order valence-electron chi connectivity index (χ3n) is 6.24. The summed E-state index contributed by atoms with van der Waals surface area (Å²) >= 11 is 0. The van der Waals surface area contributed by atoms with E-state index in [2.05, 4.69) is 15.5 Å². The van der Waals surface area contributed by atoms with Crippen molar-refractivity contribution in [2.45, 2.75) is 37.1 Å². The Morgan fingerprint density at radius 3 is 2.39 bits per heavy atom. The standard InChI is InChI=1S/C24H30N4O4S/c29-23(26-24(30)25-18-19-5-2-1-3-6-19)11-12-27-13-15-28(16-14-27)33(31,32)22-10-9-20-7-4-8-21(20)17-22/h1-3,5-6,9-10,17H,4,7-8,11-16,18H2,(H2,25,26,29,30). The van der Waals surface area contributed by atoms with Gasteiger partial charge >= 0.3 is 6.03 Å². The Labute approximate surface area is 195 Å². The number of hydrogen-bond donors (Lipinski definition) is 2. The zero-order chi connectivity index (χ0) is 23.3. The van der Waals surface area contributed by atoms with Gasteiger partial charge in [-0.2, -0.15) is 4.31 Å². The third-order valence-corrected chi connectivity index (χ3v) is 8.14. The number of sulfonamides is 1. The van der Waals surface area contributed by atoms with Gasteiger partial charge in [-0.15, -0.1) is 0 Å². The fraction of sp³-hybridized carbons (Fsp3) is 0.417. The summed E-state index contributed by atoms with van der Waals surface area (Å²) in [6, 6.07) is 14.4. The number of urea groups is 1. The number of benzene rings is 2. The Kier molecular flexibility index (Phi) is 7.42. The largest absolute Gasteiger partial charge is 0.334 e. The molecule has 2 aromatic carbocycles. The van der Waals surface area contributed by atoms with Gasteiger partial charge in [0.05, 0.1) is 4.90 Å². The van der Waals surface area contributed by atoms with E-state index in [0.29, 0.717) is 44.2 Å². The molecule has 176 valence electrons. The number of aryl methyl sites for hydroxylation is 2. The molecule has 2 aliphatic rings. The van der Waals surface area contributed by atoms with Crippen LogP contribution in [0.3, 0.4) is 0 Å². The van der Waals surface area contributed by atoms with E-state index in [9.17, 15) is 18.0 Å². The lowest BCUT2D eigenvalue weighted by atomic mass is 10.1. The van der Waals surface area contributed by atoms with Gasteiger partial charge in [0.2, 0.25) is 15.9 Å². The molecule has 33 heavy (non-hydrogen) atoms. The van der Waals surface area contributed by atoms with E-state index in [1.54, 1.807) is 6.07 Å². The number of carbonyl (C=O) groups excluding carboxylic acids is 2. The monoisotopic (exact) mass is 470 g/mol. The first-order valence-corrected chi connectivity index (χ1v) is 12.8. The number of fused-ring (bicyclic) bond motifs is 1. The van der Waals surface area contributed by atoms with Crippen molar-refractivity contribution >= 4 is 22.0 Å². The molecule has 0 spiro atoms. The number of piperazine rings is 1. The second-order valence-corrected chi connectivity index (χ2v) is 10.4. The lowest BCUT2D eigenvalue weighted by molar-refractivity contribution is -0.120. The van der Waals surface area contributed by atoms with Gasteiger partial charge in [0.1, 0.15) is 0 Å². The minimum Gasteiger partial charge on any atom is -0.334 e. The van der Waals surface area contributed by atoms with E-state index in [1.807, 2.05) is 42.5 Å². The Hall–Kier alpha value is -2.75. The first-order chi connectivity index (χ1) is 15.9. The highest BCUT2D eigenvalue weighted by molar-refractivity contribution is 7.89. The number of carbonyl (C=O) groups is 2. The van der Waals surface area contributed by atoms with E-state index in [-0.39, 0.29) is 12.3 Å². The zero-order valence-electron chi connectivity index (χ0n) is 18.6. The molecule has 0 bridgehead atoms. The summed E-state index contributed by atoms with van der Waals surface area (Å²) < 4.78 is 27.6. The molecule has 4 rings (SSSR count). The predicted octanol–water partition coefficient (Wildman–Crippen LogP) is 1.90. The first kappa shape index (κ1) is 23.4. The number of nitrogens with zero attached hydrogens (tertiary/aromatic N) is 2. The molecule has 2 N–H and O–H groups in total. The van der Waals surface area contributed by atoms with Crippen molar-refractivity contribution in [1.29, 1.82) is 0 Å². The molecule has 0 atom stereocenters. The van der Waals surface area contributed by atoms with Crippen LogP contribution in [0.4, 0.5) is 4.79 Å². The highest BCUT2D eigenvalue weighted by Crippen LogP contribution is 2.26. The van der Waals surface area contributed by atoms with E-state index < -0.39 is 16.1 Å². The van der Waals surface area contributed by atoms with Crippen LogP contribution in [0.5, 0.6) is 0 Å². The summed E-state index contributed by atoms with van der Waals surface area (Å²) in [6.45, 7) is 2.71. The van der Waals surface area contributed by atoms with Gasteiger partial charge in [0.15, 0.2) is 0 Å². The maximum Gasteiger partial charge on any atom is 0.321 e. The van der Waals surface area contributed by atoms with Crippen molar-refractivity contribution in [3.8, 4) is 0 Å². The van der Waals surface area contributed by atoms with Crippen LogP contribution in [0.1, 0.15) is 29.5 Å². The average molecular weight is 471 g/mol. The van der Waals surface area contributed by atoms with Crippen LogP contribution in [-0.4, -0.2) is 62.3 Å². The van der Waals surface area contributed by atoms with Crippen molar-refractivity contribution < 1.29 is 18.0 Å². The molecule has 1 aliphatic heterocycles. The highest BCUT2D eigenvalue weighted by atomic mass is 32.2. The SMILES string of the molecule is O=C(CCN1CCN(S(=O)(=O)c2ccc3c(c2)CCC3)CC1)NC(=O)NCc1ccccc1. The van der Waals surface area contributed by atoms with Crippen LogP contribution in [0, 0.1) is 0 Å². The summed E-state index contributed by atoms with van der Waals surface area (Å²) in [5.74, 6) is -0.353. The van der Waals surface area contributed by atoms with E-state index in [4.69, 9.17) is 0 Å². The first-order valence-electron chi connectivity index (χ1n) is 11.4. The van der Waals surface area contributed by atoms with Gasteiger partial charge in [0, 0.05) is 45.7 Å². The molecule has 1 saturated heterocycles. The minimum atomic E-state index is -3.51. The fourth-order valence-corrected chi connectivity index (χ4v) is 5.80.